The van der Waals surface area contributed by atoms with E-state index in [0.29, 0.717) is 0 Å². The van der Waals surface area contributed by atoms with Crippen LogP contribution < -0.4 is 10.7 Å². The van der Waals surface area contributed by atoms with Gasteiger partial charge in [0.25, 0.3) is 0 Å². The van der Waals surface area contributed by atoms with Crippen LogP contribution in [0, 0.1) is 0 Å². The third-order valence-corrected chi connectivity index (χ3v) is 5.38. The van der Waals surface area contributed by atoms with E-state index in [1.807, 2.05) is 5.01 Å². The number of piperazine rings is 1. The molecule has 3 rings (SSSR count). The number of carbonyl (C=O) groups is 1. The first kappa shape index (κ1) is 19.7. The largest absolute Gasteiger partial charge is 0.358 e. The number of fused-ring (bicyclic) bond motifs is 1. The van der Waals surface area contributed by atoms with Gasteiger partial charge in [0.1, 0.15) is 0 Å². The summed E-state index contributed by atoms with van der Waals surface area (Å²) in [5.74, 6) is 0. The number of benzene rings is 1. The van der Waals surface area contributed by atoms with Crippen LogP contribution in [0.2, 0.25) is 0 Å². The van der Waals surface area contributed by atoms with Gasteiger partial charge in [-0.1, -0.05) is 38.5 Å². The number of hydrogen-bond donors (Lipinski definition) is 3. The number of urea groups is 1. The monoisotopic (exact) mass is 371 g/mol. The molecule has 0 aliphatic carbocycles. The van der Waals surface area contributed by atoms with E-state index in [9.17, 15) is 4.79 Å². The number of carbonyl (C=O) groups excluding carboxylic acids is 1. The van der Waals surface area contributed by atoms with E-state index in [-0.39, 0.29) is 6.03 Å². The SMILES string of the molecule is CCCCNC(=O)NN1CCN(CCc2c(CC)[nH]c3ccccc23)CC1. The topological polar surface area (TPSA) is 63.4 Å². The number of H-pyrrole nitrogens is 1. The van der Waals surface area contributed by atoms with Crippen molar-refractivity contribution < 1.29 is 4.79 Å². The number of aromatic amines is 1. The minimum absolute atomic E-state index is 0.0803. The maximum absolute atomic E-state index is 11.9. The highest BCUT2D eigenvalue weighted by molar-refractivity contribution is 5.84. The molecule has 1 saturated heterocycles. The van der Waals surface area contributed by atoms with Gasteiger partial charge in [0.15, 0.2) is 0 Å². The first-order valence-corrected chi connectivity index (χ1v) is 10.3. The molecule has 1 aliphatic heterocycles. The van der Waals surface area contributed by atoms with Crippen molar-refractivity contribution >= 4 is 16.9 Å². The van der Waals surface area contributed by atoms with Gasteiger partial charge in [0.05, 0.1) is 0 Å². The number of amides is 2. The number of hydrogen-bond acceptors (Lipinski definition) is 3. The molecule has 1 aromatic heterocycles. The number of rotatable bonds is 8. The Bertz CT molecular complexity index is 733. The normalized spacial score (nSPS) is 15.9. The zero-order chi connectivity index (χ0) is 19.1. The molecule has 0 spiro atoms. The molecule has 2 amide bonds. The molecule has 0 bridgehead atoms. The van der Waals surface area contributed by atoms with E-state index in [1.165, 1.54) is 22.2 Å². The fourth-order valence-electron chi connectivity index (χ4n) is 3.76. The summed E-state index contributed by atoms with van der Waals surface area (Å²) in [6.07, 6.45) is 4.22. The van der Waals surface area contributed by atoms with Gasteiger partial charge >= 0.3 is 6.03 Å². The summed E-state index contributed by atoms with van der Waals surface area (Å²) in [5, 5.41) is 6.30. The van der Waals surface area contributed by atoms with Gasteiger partial charge in [0, 0.05) is 55.9 Å². The van der Waals surface area contributed by atoms with Gasteiger partial charge in [-0.15, -0.1) is 0 Å². The second-order valence-electron chi connectivity index (χ2n) is 7.28. The number of aromatic nitrogens is 1. The van der Waals surface area contributed by atoms with Crippen LogP contribution in [0.3, 0.4) is 0 Å². The highest BCUT2D eigenvalue weighted by Crippen LogP contribution is 2.23. The van der Waals surface area contributed by atoms with Crippen LogP contribution in [0.5, 0.6) is 0 Å². The molecule has 0 unspecified atom stereocenters. The van der Waals surface area contributed by atoms with E-state index >= 15 is 0 Å². The van der Waals surface area contributed by atoms with Crippen LogP contribution in [0.15, 0.2) is 24.3 Å². The highest BCUT2D eigenvalue weighted by Gasteiger charge is 2.19. The molecule has 3 N–H and O–H groups in total. The Kier molecular flexibility index (Phi) is 7.12. The summed E-state index contributed by atoms with van der Waals surface area (Å²) in [7, 11) is 0. The van der Waals surface area contributed by atoms with Crippen molar-refractivity contribution in [3.05, 3.63) is 35.5 Å². The lowest BCUT2D eigenvalue weighted by molar-refractivity contribution is 0.0987. The van der Waals surface area contributed by atoms with Crippen molar-refractivity contribution in [1.29, 1.82) is 0 Å². The average molecular weight is 372 g/mol. The first-order chi connectivity index (χ1) is 13.2. The molecule has 1 fully saturated rings. The number of nitrogens with one attached hydrogen (secondary N) is 3. The molecular weight excluding hydrogens is 338 g/mol. The summed E-state index contributed by atoms with van der Waals surface area (Å²) >= 11 is 0. The average Bonchev–Trinajstić information content (AvgIpc) is 3.05. The van der Waals surface area contributed by atoms with Crippen molar-refractivity contribution in [3.63, 3.8) is 0 Å². The van der Waals surface area contributed by atoms with Crippen LogP contribution in [0.25, 0.3) is 10.9 Å². The number of hydrazine groups is 1. The minimum atomic E-state index is -0.0803. The molecule has 2 aromatic rings. The number of unbranched alkanes of at least 4 members (excludes halogenated alkanes) is 1. The third kappa shape index (κ3) is 5.23. The number of nitrogens with zero attached hydrogens (tertiary/aromatic N) is 2. The molecule has 0 saturated carbocycles. The Morgan fingerprint density at radius 3 is 2.67 bits per heavy atom. The van der Waals surface area contributed by atoms with Crippen LogP contribution in [0.4, 0.5) is 4.79 Å². The zero-order valence-corrected chi connectivity index (χ0v) is 16.7. The minimum Gasteiger partial charge on any atom is -0.358 e. The van der Waals surface area contributed by atoms with Gasteiger partial charge in [-0.05, 0) is 30.9 Å². The predicted molar refractivity (Wildman–Crippen MR) is 111 cm³/mol. The van der Waals surface area contributed by atoms with Crippen LogP contribution >= 0.6 is 0 Å². The Hall–Kier alpha value is -2.05. The fourth-order valence-corrected chi connectivity index (χ4v) is 3.76. The zero-order valence-electron chi connectivity index (χ0n) is 16.7. The lowest BCUT2D eigenvalue weighted by atomic mass is 10.1. The van der Waals surface area contributed by atoms with Crippen LogP contribution in [0.1, 0.15) is 37.9 Å². The first-order valence-electron chi connectivity index (χ1n) is 10.3. The Labute approximate surface area is 162 Å². The summed E-state index contributed by atoms with van der Waals surface area (Å²) < 4.78 is 0. The molecule has 1 aliphatic rings. The van der Waals surface area contributed by atoms with Crippen molar-refractivity contribution in [3.8, 4) is 0 Å². The molecular formula is C21H33N5O. The summed E-state index contributed by atoms with van der Waals surface area (Å²) in [4.78, 5) is 17.9. The molecule has 148 valence electrons. The van der Waals surface area contributed by atoms with Crippen molar-refractivity contribution in [2.75, 3.05) is 39.3 Å². The predicted octanol–water partition coefficient (Wildman–Crippen LogP) is 2.90. The van der Waals surface area contributed by atoms with Gasteiger partial charge < -0.3 is 15.2 Å². The maximum atomic E-state index is 11.9. The molecule has 2 heterocycles. The maximum Gasteiger partial charge on any atom is 0.329 e. The summed E-state index contributed by atoms with van der Waals surface area (Å²) in [6, 6.07) is 8.51. The van der Waals surface area contributed by atoms with Gasteiger partial charge in [0.2, 0.25) is 0 Å². The van der Waals surface area contributed by atoms with E-state index in [1.54, 1.807) is 0 Å². The van der Waals surface area contributed by atoms with Gasteiger partial charge in [-0.3, -0.25) is 5.43 Å². The van der Waals surface area contributed by atoms with E-state index < -0.39 is 0 Å². The Morgan fingerprint density at radius 1 is 1.15 bits per heavy atom. The van der Waals surface area contributed by atoms with Gasteiger partial charge in [-0.25, -0.2) is 9.80 Å². The fraction of sp³-hybridized carbons (Fsp3) is 0.571. The van der Waals surface area contributed by atoms with Crippen LogP contribution in [-0.2, 0) is 12.8 Å². The van der Waals surface area contributed by atoms with E-state index in [4.69, 9.17) is 0 Å². The second kappa shape index (κ2) is 9.76. The number of para-hydroxylation sites is 1. The van der Waals surface area contributed by atoms with Gasteiger partial charge in [-0.2, -0.15) is 0 Å². The van der Waals surface area contributed by atoms with Crippen molar-refractivity contribution in [1.82, 2.24) is 25.6 Å². The molecule has 0 radical (unpaired) electrons. The highest BCUT2D eigenvalue weighted by atomic mass is 16.2. The lowest BCUT2D eigenvalue weighted by Crippen LogP contribution is -2.55. The van der Waals surface area contributed by atoms with Crippen molar-refractivity contribution in [2.45, 2.75) is 39.5 Å². The Morgan fingerprint density at radius 2 is 1.93 bits per heavy atom. The third-order valence-electron chi connectivity index (χ3n) is 5.38. The van der Waals surface area contributed by atoms with E-state index in [2.05, 4.69) is 58.7 Å². The molecule has 6 nitrogen and oxygen atoms in total. The molecule has 6 heteroatoms. The Balaban J connectivity index is 1.46. The standard InChI is InChI=1S/C21H33N5O/c1-3-5-11-22-21(27)24-26-15-13-25(14-16-26)12-10-18-17-8-6-7-9-20(17)23-19(18)4-2/h6-9,23H,3-5,10-16H2,1-2H3,(H2,22,24,27). The molecule has 27 heavy (non-hydrogen) atoms. The molecule has 1 aromatic carbocycles. The second-order valence-corrected chi connectivity index (χ2v) is 7.28. The van der Waals surface area contributed by atoms with Crippen LogP contribution in [-0.4, -0.2) is 60.2 Å². The quantitative estimate of drug-likeness (QED) is 0.625. The lowest BCUT2D eigenvalue weighted by Gasteiger charge is -2.34. The summed E-state index contributed by atoms with van der Waals surface area (Å²) in [6.45, 7) is 9.85. The summed E-state index contributed by atoms with van der Waals surface area (Å²) in [5.41, 5.74) is 7.03. The smallest absolute Gasteiger partial charge is 0.329 e. The van der Waals surface area contributed by atoms with E-state index in [0.717, 1.165) is 65.0 Å². The molecule has 0 atom stereocenters. The van der Waals surface area contributed by atoms with Crippen molar-refractivity contribution in [2.24, 2.45) is 0 Å². The number of aryl methyl sites for hydroxylation is 1.